The molecule has 19 heavy (non-hydrogen) atoms. The highest BCUT2D eigenvalue weighted by Crippen LogP contribution is 2.09. The molecule has 0 aromatic heterocycles. The lowest BCUT2D eigenvalue weighted by Crippen LogP contribution is -2.30. The Kier molecular flexibility index (Phi) is 6.50. The smallest absolute Gasteiger partial charge is 0.221 e. The van der Waals surface area contributed by atoms with Crippen LogP contribution >= 0.6 is 0 Å². The SMILES string of the molecule is Cc1cc(F)ccc1CNCCC(=O)NCC(C)C. The Bertz CT molecular complexity index is 419. The maximum Gasteiger partial charge on any atom is 0.221 e. The van der Waals surface area contributed by atoms with Gasteiger partial charge in [0.1, 0.15) is 5.82 Å². The van der Waals surface area contributed by atoms with Crippen molar-refractivity contribution in [3.05, 3.63) is 35.1 Å². The van der Waals surface area contributed by atoms with Crippen LogP contribution in [0.2, 0.25) is 0 Å². The fraction of sp³-hybridized carbons (Fsp3) is 0.533. The van der Waals surface area contributed by atoms with Gasteiger partial charge in [-0.2, -0.15) is 0 Å². The van der Waals surface area contributed by atoms with Gasteiger partial charge in [-0.05, 0) is 36.1 Å². The van der Waals surface area contributed by atoms with E-state index < -0.39 is 0 Å². The zero-order chi connectivity index (χ0) is 14.3. The summed E-state index contributed by atoms with van der Waals surface area (Å²) in [7, 11) is 0. The van der Waals surface area contributed by atoms with Gasteiger partial charge in [0.25, 0.3) is 0 Å². The van der Waals surface area contributed by atoms with Gasteiger partial charge in [-0.25, -0.2) is 4.39 Å². The molecule has 1 amide bonds. The highest BCUT2D eigenvalue weighted by Gasteiger charge is 2.03. The Morgan fingerprint density at radius 2 is 2.11 bits per heavy atom. The van der Waals surface area contributed by atoms with Crippen molar-refractivity contribution in [3.63, 3.8) is 0 Å². The van der Waals surface area contributed by atoms with E-state index in [9.17, 15) is 9.18 Å². The first kappa shape index (κ1) is 15.6. The van der Waals surface area contributed by atoms with Crippen molar-refractivity contribution in [1.82, 2.24) is 10.6 Å². The maximum absolute atomic E-state index is 12.9. The van der Waals surface area contributed by atoms with E-state index in [1.165, 1.54) is 12.1 Å². The van der Waals surface area contributed by atoms with Crippen LogP contribution < -0.4 is 10.6 Å². The number of hydrogen-bond donors (Lipinski definition) is 2. The first-order valence-electron chi connectivity index (χ1n) is 6.71. The number of hydrogen-bond acceptors (Lipinski definition) is 2. The zero-order valence-corrected chi connectivity index (χ0v) is 11.9. The van der Waals surface area contributed by atoms with Crippen LogP contribution in [0.1, 0.15) is 31.4 Å². The molecule has 0 radical (unpaired) electrons. The molecule has 0 aliphatic heterocycles. The molecule has 0 saturated heterocycles. The Hall–Kier alpha value is -1.42. The summed E-state index contributed by atoms with van der Waals surface area (Å²) in [6.07, 6.45) is 0.465. The molecule has 0 spiro atoms. The van der Waals surface area contributed by atoms with E-state index in [0.717, 1.165) is 17.7 Å². The molecule has 106 valence electrons. The highest BCUT2D eigenvalue weighted by molar-refractivity contribution is 5.76. The van der Waals surface area contributed by atoms with Crippen molar-refractivity contribution in [3.8, 4) is 0 Å². The Morgan fingerprint density at radius 1 is 1.37 bits per heavy atom. The van der Waals surface area contributed by atoms with Crippen LogP contribution in [0.4, 0.5) is 4.39 Å². The third-order valence-electron chi connectivity index (χ3n) is 2.86. The van der Waals surface area contributed by atoms with Gasteiger partial charge in [0, 0.05) is 26.1 Å². The summed E-state index contributed by atoms with van der Waals surface area (Å²) in [4.78, 5) is 11.5. The lowest BCUT2D eigenvalue weighted by Gasteiger charge is -2.09. The maximum atomic E-state index is 12.9. The molecule has 0 atom stereocenters. The number of carbonyl (C=O) groups is 1. The van der Waals surface area contributed by atoms with Gasteiger partial charge < -0.3 is 10.6 Å². The van der Waals surface area contributed by atoms with Crippen molar-refractivity contribution < 1.29 is 9.18 Å². The molecule has 1 aromatic carbocycles. The van der Waals surface area contributed by atoms with E-state index in [1.807, 2.05) is 6.92 Å². The fourth-order valence-corrected chi connectivity index (χ4v) is 1.69. The van der Waals surface area contributed by atoms with Gasteiger partial charge in [-0.1, -0.05) is 19.9 Å². The molecule has 0 unspecified atom stereocenters. The van der Waals surface area contributed by atoms with E-state index in [1.54, 1.807) is 6.07 Å². The number of halogens is 1. The lowest BCUT2D eigenvalue weighted by atomic mass is 10.1. The van der Waals surface area contributed by atoms with Crippen LogP contribution in [0.5, 0.6) is 0 Å². The van der Waals surface area contributed by atoms with Crippen LogP contribution in [0.15, 0.2) is 18.2 Å². The molecule has 1 rings (SSSR count). The summed E-state index contributed by atoms with van der Waals surface area (Å²) < 4.78 is 12.9. The third kappa shape index (κ3) is 6.34. The molecular weight excluding hydrogens is 243 g/mol. The number of aryl methyl sites for hydroxylation is 1. The average molecular weight is 266 g/mol. The van der Waals surface area contributed by atoms with Crippen molar-refractivity contribution in [2.45, 2.75) is 33.7 Å². The summed E-state index contributed by atoms with van der Waals surface area (Å²) >= 11 is 0. The molecule has 0 heterocycles. The number of amides is 1. The predicted octanol–water partition coefficient (Wildman–Crippen LogP) is 2.39. The third-order valence-corrected chi connectivity index (χ3v) is 2.86. The monoisotopic (exact) mass is 266 g/mol. The largest absolute Gasteiger partial charge is 0.356 e. The molecule has 2 N–H and O–H groups in total. The molecule has 0 saturated carbocycles. The van der Waals surface area contributed by atoms with Gasteiger partial charge in [0.15, 0.2) is 0 Å². The second-order valence-corrected chi connectivity index (χ2v) is 5.20. The Balaban J connectivity index is 2.22. The fourth-order valence-electron chi connectivity index (χ4n) is 1.69. The average Bonchev–Trinajstić information content (AvgIpc) is 2.34. The van der Waals surface area contributed by atoms with E-state index in [4.69, 9.17) is 0 Å². The Morgan fingerprint density at radius 3 is 2.74 bits per heavy atom. The van der Waals surface area contributed by atoms with Crippen molar-refractivity contribution >= 4 is 5.91 Å². The van der Waals surface area contributed by atoms with Gasteiger partial charge in [0.05, 0.1) is 0 Å². The van der Waals surface area contributed by atoms with Crippen LogP contribution in [0, 0.1) is 18.7 Å². The first-order chi connectivity index (χ1) is 8.99. The molecule has 1 aromatic rings. The summed E-state index contributed by atoms with van der Waals surface area (Å²) in [6.45, 7) is 8.02. The summed E-state index contributed by atoms with van der Waals surface area (Å²) in [5.41, 5.74) is 1.99. The van der Waals surface area contributed by atoms with E-state index >= 15 is 0 Å². The van der Waals surface area contributed by atoms with Gasteiger partial charge in [-0.15, -0.1) is 0 Å². The predicted molar refractivity (Wildman–Crippen MR) is 75.3 cm³/mol. The minimum atomic E-state index is -0.214. The van der Waals surface area contributed by atoms with Gasteiger partial charge >= 0.3 is 0 Å². The number of nitrogens with one attached hydrogen (secondary N) is 2. The van der Waals surface area contributed by atoms with Gasteiger partial charge in [-0.3, -0.25) is 4.79 Å². The number of benzene rings is 1. The van der Waals surface area contributed by atoms with Crippen LogP contribution in [-0.4, -0.2) is 19.0 Å². The minimum absolute atomic E-state index is 0.0667. The summed E-state index contributed by atoms with van der Waals surface area (Å²) in [5, 5.41) is 6.07. The second kappa shape index (κ2) is 7.89. The molecule has 4 heteroatoms. The van der Waals surface area contributed by atoms with Crippen LogP contribution in [0.25, 0.3) is 0 Å². The normalized spacial score (nSPS) is 10.8. The summed E-state index contributed by atoms with van der Waals surface area (Å²) in [6, 6.07) is 4.75. The van der Waals surface area contributed by atoms with Crippen LogP contribution in [-0.2, 0) is 11.3 Å². The molecule has 0 fully saturated rings. The lowest BCUT2D eigenvalue weighted by molar-refractivity contribution is -0.121. The second-order valence-electron chi connectivity index (χ2n) is 5.20. The quantitative estimate of drug-likeness (QED) is 0.744. The number of rotatable bonds is 7. The van der Waals surface area contributed by atoms with E-state index in [-0.39, 0.29) is 11.7 Å². The highest BCUT2D eigenvalue weighted by atomic mass is 19.1. The number of carbonyl (C=O) groups excluding carboxylic acids is 1. The topological polar surface area (TPSA) is 41.1 Å². The van der Waals surface area contributed by atoms with Crippen molar-refractivity contribution in [1.29, 1.82) is 0 Å². The molecule has 3 nitrogen and oxygen atoms in total. The Labute approximate surface area is 114 Å². The van der Waals surface area contributed by atoms with Gasteiger partial charge in [0.2, 0.25) is 5.91 Å². The van der Waals surface area contributed by atoms with E-state index in [0.29, 0.717) is 25.4 Å². The van der Waals surface area contributed by atoms with Crippen LogP contribution in [0.3, 0.4) is 0 Å². The first-order valence-corrected chi connectivity index (χ1v) is 6.71. The van der Waals surface area contributed by atoms with E-state index in [2.05, 4.69) is 24.5 Å². The molecule has 0 aliphatic rings. The molecule has 0 aliphatic carbocycles. The zero-order valence-electron chi connectivity index (χ0n) is 11.9. The molecular formula is C15H23FN2O. The molecule has 0 bridgehead atoms. The van der Waals surface area contributed by atoms with Crippen molar-refractivity contribution in [2.24, 2.45) is 5.92 Å². The summed E-state index contributed by atoms with van der Waals surface area (Å²) in [5.74, 6) is 0.324. The minimum Gasteiger partial charge on any atom is -0.356 e. The standard InChI is InChI=1S/C15H23FN2O/c1-11(2)9-18-15(19)6-7-17-10-13-4-5-14(16)8-12(13)3/h4-5,8,11,17H,6-7,9-10H2,1-3H3,(H,18,19). The van der Waals surface area contributed by atoms with Crippen molar-refractivity contribution in [2.75, 3.05) is 13.1 Å².